The van der Waals surface area contributed by atoms with Crippen molar-refractivity contribution in [3.05, 3.63) is 142 Å². The quantitative estimate of drug-likeness (QED) is 0.299. The van der Waals surface area contributed by atoms with Crippen LogP contribution >= 0.6 is 11.6 Å². The highest BCUT2D eigenvalue weighted by atomic mass is 35.5. The summed E-state index contributed by atoms with van der Waals surface area (Å²) in [6.07, 6.45) is 3.43. The molecular weight excluding hydrogens is 480 g/mol. The van der Waals surface area contributed by atoms with Crippen LogP contribution in [0.15, 0.2) is 109 Å². The molecule has 4 nitrogen and oxygen atoms in total. The Labute approximate surface area is 222 Å². The number of hydrogen-bond donors (Lipinski definition) is 1. The first-order valence-corrected chi connectivity index (χ1v) is 12.9. The van der Waals surface area contributed by atoms with Crippen molar-refractivity contribution >= 4 is 29.1 Å². The second kappa shape index (κ2) is 10.2. The van der Waals surface area contributed by atoms with E-state index in [9.17, 15) is 4.79 Å². The van der Waals surface area contributed by atoms with Gasteiger partial charge in [-0.3, -0.25) is 0 Å². The van der Waals surface area contributed by atoms with Crippen LogP contribution in [0, 0.1) is 0 Å². The van der Waals surface area contributed by atoms with Gasteiger partial charge in [0.2, 0.25) is 0 Å². The number of allylic oxidation sites excluding steroid dienone is 1. The lowest BCUT2D eigenvalue weighted by Gasteiger charge is -2.46. The molecule has 2 aliphatic rings. The summed E-state index contributed by atoms with van der Waals surface area (Å²) in [7, 11) is 0. The number of amides is 1. The summed E-state index contributed by atoms with van der Waals surface area (Å²) >= 11 is 6.25. The average molecular weight is 507 g/mol. The molecule has 0 fully saturated rings. The molecule has 0 saturated carbocycles. The Kier molecular flexibility index (Phi) is 6.42. The van der Waals surface area contributed by atoms with E-state index in [1.807, 2.05) is 48.5 Å². The van der Waals surface area contributed by atoms with Crippen LogP contribution in [0.3, 0.4) is 0 Å². The number of para-hydroxylation sites is 1. The number of nitrogens with zero attached hydrogens (tertiary/aromatic N) is 1. The van der Waals surface area contributed by atoms with E-state index in [2.05, 4.69) is 70.9 Å². The lowest BCUT2D eigenvalue weighted by molar-refractivity contribution is 0.134. The molecule has 0 radical (unpaired) electrons. The number of benzene rings is 4. The van der Waals surface area contributed by atoms with Crippen LogP contribution in [-0.4, -0.2) is 6.09 Å². The van der Waals surface area contributed by atoms with Gasteiger partial charge in [-0.1, -0.05) is 109 Å². The largest absolute Gasteiger partial charge is 0.445 e. The van der Waals surface area contributed by atoms with E-state index in [4.69, 9.17) is 16.3 Å². The topological polar surface area (TPSA) is 41.6 Å². The van der Waals surface area contributed by atoms with Gasteiger partial charge in [0.1, 0.15) is 6.61 Å². The first-order valence-electron chi connectivity index (χ1n) is 12.6. The van der Waals surface area contributed by atoms with E-state index in [1.54, 1.807) is 0 Å². The number of alkyl carbamates (subject to hydrolysis) is 1. The molecule has 1 amide bonds. The smallest absolute Gasteiger partial charge is 0.407 e. The molecule has 184 valence electrons. The lowest BCUT2D eigenvalue weighted by Crippen LogP contribution is -2.41. The summed E-state index contributed by atoms with van der Waals surface area (Å²) < 4.78 is 5.60. The Morgan fingerprint density at radius 3 is 2.38 bits per heavy atom. The molecule has 0 aromatic heterocycles. The van der Waals surface area contributed by atoms with Crippen molar-refractivity contribution in [3.63, 3.8) is 0 Å². The summed E-state index contributed by atoms with van der Waals surface area (Å²) in [4.78, 5) is 15.4. The molecule has 5 heteroatoms. The second-order valence-corrected chi connectivity index (χ2v) is 9.88. The third-order valence-corrected chi connectivity index (χ3v) is 7.39. The minimum atomic E-state index is -0.413. The molecule has 4 aromatic rings. The molecule has 2 aliphatic heterocycles. The van der Waals surface area contributed by atoms with Crippen LogP contribution < -0.4 is 10.2 Å². The zero-order valence-corrected chi connectivity index (χ0v) is 21.1. The molecule has 37 heavy (non-hydrogen) atoms. The summed E-state index contributed by atoms with van der Waals surface area (Å²) in [5, 5.41) is 3.88. The minimum absolute atomic E-state index is 0.0112. The number of carbonyl (C=O) groups excluding carboxylic acids is 1. The standard InChI is InChI=1S/C32H27ClN2O2/c33-26-17-14-24(15-18-26)30-20-28(34-32(36)37-21-22-8-3-1-4-9-22)27-13-7-12-25-16-19-29(35(30)31(25)27)23-10-5-2-6-11-23/h1-15,17-19,28,30H,16,20-21H2,(H,34,36)/t28-,30-/m0/s1. The van der Waals surface area contributed by atoms with Crippen molar-refractivity contribution in [1.29, 1.82) is 0 Å². The normalized spacial score (nSPS) is 18.0. The fourth-order valence-corrected chi connectivity index (χ4v) is 5.56. The highest BCUT2D eigenvalue weighted by Gasteiger charge is 2.39. The Balaban J connectivity index is 1.37. The third-order valence-electron chi connectivity index (χ3n) is 7.14. The highest BCUT2D eigenvalue weighted by Crippen LogP contribution is 2.51. The Hall–Kier alpha value is -4.02. The van der Waals surface area contributed by atoms with Crippen LogP contribution in [0.1, 0.15) is 46.3 Å². The van der Waals surface area contributed by atoms with Gasteiger partial charge < -0.3 is 15.0 Å². The third kappa shape index (κ3) is 4.73. The van der Waals surface area contributed by atoms with Crippen LogP contribution in [0.5, 0.6) is 0 Å². The first-order chi connectivity index (χ1) is 18.2. The van der Waals surface area contributed by atoms with E-state index in [0.29, 0.717) is 11.4 Å². The molecule has 0 unspecified atom stereocenters. The summed E-state index contributed by atoms with van der Waals surface area (Å²) in [5.74, 6) is 0. The predicted molar refractivity (Wildman–Crippen MR) is 148 cm³/mol. The summed E-state index contributed by atoms with van der Waals surface area (Å²) in [6, 6.07) is 34.5. The van der Waals surface area contributed by atoms with Crippen molar-refractivity contribution < 1.29 is 9.53 Å². The van der Waals surface area contributed by atoms with Gasteiger partial charge in [-0.05, 0) is 52.8 Å². The maximum atomic E-state index is 12.9. The molecule has 0 saturated heterocycles. The van der Waals surface area contributed by atoms with E-state index in [-0.39, 0.29) is 18.7 Å². The molecule has 1 N–H and O–H groups in total. The Bertz CT molecular complexity index is 1440. The first kappa shape index (κ1) is 23.4. The van der Waals surface area contributed by atoms with Gasteiger partial charge in [-0.15, -0.1) is 0 Å². The zero-order valence-electron chi connectivity index (χ0n) is 20.3. The maximum Gasteiger partial charge on any atom is 0.407 e. The van der Waals surface area contributed by atoms with Crippen LogP contribution in [0.4, 0.5) is 10.5 Å². The Morgan fingerprint density at radius 2 is 1.62 bits per heavy atom. The Morgan fingerprint density at radius 1 is 0.892 bits per heavy atom. The van der Waals surface area contributed by atoms with E-state index in [1.165, 1.54) is 22.5 Å². The molecule has 2 heterocycles. The molecule has 4 aromatic carbocycles. The monoisotopic (exact) mass is 506 g/mol. The van der Waals surface area contributed by atoms with Gasteiger partial charge in [0.05, 0.1) is 17.8 Å². The van der Waals surface area contributed by atoms with Gasteiger partial charge in [0.15, 0.2) is 0 Å². The number of hydrogen-bond acceptors (Lipinski definition) is 3. The van der Waals surface area contributed by atoms with Gasteiger partial charge in [-0.25, -0.2) is 4.79 Å². The fourth-order valence-electron chi connectivity index (χ4n) is 5.44. The van der Waals surface area contributed by atoms with Gasteiger partial charge in [0, 0.05) is 10.7 Å². The molecule has 0 aliphatic carbocycles. The summed E-state index contributed by atoms with van der Waals surface area (Å²) in [6.45, 7) is 0.236. The molecule has 6 rings (SSSR count). The number of rotatable bonds is 5. The fraction of sp³-hybridized carbons (Fsp3) is 0.156. The van der Waals surface area contributed by atoms with Gasteiger partial charge >= 0.3 is 6.09 Å². The molecule has 0 spiro atoms. The van der Waals surface area contributed by atoms with E-state index >= 15 is 0 Å². The van der Waals surface area contributed by atoms with Crippen LogP contribution in [-0.2, 0) is 17.8 Å². The number of carbonyl (C=O) groups is 1. The maximum absolute atomic E-state index is 12.9. The second-order valence-electron chi connectivity index (χ2n) is 9.45. The van der Waals surface area contributed by atoms with Crippen molar-refractivity contribution in [1.82, 2.24) is 5.32 Å². The number of halogens is 1. The van der Waals surface area contributed by atoms with Crippen LogP contribution in [0.25, 0.3) is 5.70 Å². The lowest BCUT2D eigenvalue weighted by atomic mass is 9.82. The van der Waals surface area contributed by atoms with Crippen LogP contribution in [0.2, 0.25) is 5.02 Å². The zero-order chi connectivity index (χ0) is 25.2. The molecular formula is C32H27ClN2O2. The van der Waals surface area contributed by atoms with Gasteiger partial charge in [0.25, 0.3) is 0 Å². The van der Waals surface area contributed by atoms with Crippen molar-refractivity contribution in [2.75, 3.05) is 4.90 Å². The predicted octanol–water partition coefficient (Wildman–Crippen LogP) is 7.86. The highest BCUT2D eigenvalue weighted by molar-refractivity contribution is 6.30. The summed E-state index contributed by atoms with van der Waals surface area (Å²) in [5.41, 5.74) is 8.00. The average Bonchev–Trinajstić information content (AvgIpc) is 2.95. The van der Waals surface area contributed by atoms with E-state index in [0.717, 1.165) is 23.1 Å². The molecule has 0 bridgehead atoms. The van der Waals surface area contributed by atoms with Crippen molar-refractivity contribution in [3.8, 4) is 0 Å². The minimum Gasteiger partial charge on any atom is -0.445 e. The number of anilines is 1. The number of ether oxygens (including phenoxy) is 1. The van der Waals surface area contributed by atoms with Crippen molar-refractivity contribution in [2.45, 2.75) is 31.5 Å². The van der Waals surface area contributed by atoms with Crippen molar-refractivity contribution in [2.24, 2.45) is 0 Å². The number of nitrogens with one attached hydrogen (secondary N) is 1. The van der Waals surface area contributed by atoms with Gasteiger partial charge in [-0.2, -0.15) is 0 Å². The van der Waals surface area contributed by atoms with E-state index < -0.39 is 6.09 Å². The SMILES string of the molecule is O=C(N[C@H]1C[C@@H](c2ccc(Cl)cc2)N2C(c3ccccc3)=CCc3cccc1c32)OCc1ccccc1. The molecule has 2 atom stereocenters.